The molecule has 28 heavy (non-hydrogen) atoms. The van der Waals surface area contributed by atoms with Gasteiger partial charge < -0.3 is 19.4 Å². The molecule has 2 aromatic heterocycles. The fourth-order valence-corrected chi connectivity index (χ4v) is 3.91. The zero-order valence-corrected chi connectivity index (χ0v) is 20.1. The van der Waals surface area contributed by atoms with Crippen molar-refractivity contribution in [3.8, 4) is 0 Å². The minimum atomic E-state index is 0. The van der Waals surface area contributed by atoms with Crippen LogP contribution in [0.5, 0.6) is 0 Å². The Bertz CT molecular complexity index is 757. The molecule has 3 heterocycles. The second-order valence-electron chi connectivity index (χ2n) is 6.75. The van der Waals surface area contributed by atoms with Gasteiger partial charge in [0.15, 0.2) is 5.96 Å². The molecule has 0 aromatic carbocycles. The van der Waals surface area contributed by atoms with Crippen LogP contribution in [-0.4, -0.2) is 67.7 Å². The maximum absolute atomic E-state index is 5.94. The normalized spacial score (nSPS) is 16.5. The van der Waals surface area contributed by atoms with E-state index < -0.39 is 0 Å². The molecule has 0 radical (unpaired) electrons. The summed E-state index contributed by atoms with van der Waals surface area (Å²) in [6.07, 6.45) is 0. The SMILES string of the molecule is CN=C(NCC(c1ccc(C)o1)N1CCOCC1)N(C)Cc1csc(C)n1.I. The lowest BCUT2D eigenvalue weighted by molar-refractivity contribution is 0.0123. The van der Waals surface area contributed by atoms with Gasteiger partial charge in [-0.1, -0.05) is 0 Å². The van der Waals surface area contributed by atoms with Crippen molar-refractivity contribution in [3.05, 3.63) is 39.7 Å². The monoisotopic (exact) mass is 519 g/mol. The molecule has 0 spiro atoms. The third-order valence-electron chi connectivity index (χ3n) is 4.67. The van der Waals surface area contributed by atoms with E-state index in [0.717, 1.165) is 67.6 Å². The number of hydrogen-bond acceptors (Lipinski definition) is 6. The molecular formula is C19H30IN5O2S. The van der Waals surface area contributed by atoms with Crippen LogP contribution in [0, 0.1) is 13.8 Å². The molecule has 9 heteroatoms. The number of ether oxygens (including phenoxy) is 1. The second-order valence-corrected chi connectivity index (χ2v) is 7.82. The first-order valence-corrected chi connectivity index (χ1v) is 10.2. The van der Waals surface area contributed by atoms with E-state index in [4.69, 9.17) is 9.15 Å². The highest BCUT2D eigenvalue weighted by molar-refractivity contribution is 14.0. The van der Waals surface area contributed by atoms with Gasteiger partial charge in [0.25, 0.3) is 0 Å². The van der Waals surface area contributed by atoms with Crippen LogP contribution in [0.2, 0.25) is 0 Å². The Kier molecular flexibility index (Phi) is 9.19. The molecule has 0 saturated carbocycles. The predicted octanol–water partition coefficient (Wildman–Crippen LogP) is 3.05. The summed E-state index contributed by atoms with van der Waals surface area (Å²) in [6.45, 7) is 8.78. The number of aliphatic imine (C=N–C) groups is 1. The molecule has 1 N–H and O–H groups in total. The zero-order chi connectivity index (χ0) is 19.2. The fourth-order valence-electron chi connectivity index (χ4n) is 3.30. The van der Waals surface area contributed by atoms with Crippen molar-refractivity contribution in [3.63, 3.8) is 0 Å². The maximum Gasteiger partial charge on any atom is 0.193 e. The Hall–Kier alpha value is -1.17. The molecule has 0 aliphatic carbocycles. The van der Waals surface area contributed by atoms with Crippen LogP contribution in [0.4, 0.5) is 0 Å². The fraction of sp³-hybridized carbons (Fsp3) is 0.579. The number of nitrogens with one attached hydrogen (secondary N) is 1. The standard InChI is InChI=1S/C19H29N5O2S.HI/c1-14-5-6-18(26-14)17(24-7-9-25-10-8-24)11-21-19(20-3)23(4)12-16-13-27-15(2)22-16;/h5-6,13,17H,7-12H2,1-4H3,(H,20,21);1H. The molecule has 156 valence electrons. The number of aryl methyl sites for hydroxylation is 2. The maximum atomic E-state index is 5.94. The molecule has 1 aliphatic rings. The van der Waals surface area contributed by atoms with Crippen molar-refractivity contribution < 1.29 is 9.15 Å². The van der Waals surface area contributed by atoms with Crippen LogP contribution in [0.1, 0.15) is 28.3 Å². The van der Waals surface area contributed by atoms with Crippen molar-refractivity contribution in [1.82, 2.24) is 20.1 Å². The number of morpholine rings is 1. The van der Waals surface area contributed by atoms with Gasteiger partial charge in [0, 0.05) is 39.1 Å². The van der Waals surface area contributed by atoms with Crippen LogP contribution in [0.3, 0.4) is 0 Å². The first-order valence-electron chi connectivity index (χ1n) is 9.27. The van der Waals surface area contributed by atoms with Gasteiger partial charge in [0.2, 0.25) is 0 Å². The molecule has 3 rings (SSSR count). The van der Waals surface area contributed by atoms with E-state index in [1.807, 2.05) is 34.0 Å². The Labute approximate surface area is 188 Å². The average molecular weight is 519 g/mol. The van der Waals surface area contributed by atoms with E-state index in [1.54, 1.807) is 11.3 Å². The summed E-state index contributed by atoms with van der Waals surface area (Å²) in [5, 5.41) is 6.69. The summed E-state index contributed by atoms with van der Waals surface area (Å²) in [5.74, 6) is 2.76. The number of furan rings is 1. The molecule has 1 fully saturated rings. The summed E-state index contributed by atoms with van der Waals surface area (Å²) in [5.41, 5.74) is 1.06. The van der Waals surface area contributed by atoms with E-state index in [9.17, 15) is 0 Å². The van der Waals surface area contributed by atoms with Gasteiger partial charge in [0.05, 0.1) is 36.5 Å². The Balaban J connectivity index is 0.00000280. The molecule has 0 amide bonds. The lowest BCUT2D eigenvalue weighted by Crippen LogP contribution is -2.46. The summed E-state index contributed by atoms with van der Waals surface area (Å²) in [7, 11) is 3.84. The summed E-state index contributed by atoms with van der Waals surface area (Å²) < 4.78 is 11.5. The number of hydrogen-bond donors (Lipinski definition) is 1. The molecule has 0 bridgehead atoms. The number of aromatic nitrogens is 1. The lowest BCUT2D eigenvalue weighted by atomic mass is 10.1. The summed E-state index contributed by atoms with van der Waals surface area (Å²) in [6, 6.07) is 4.24. The number of thiazole rings is 1. The van der Waals surface area contributed by atoms with E-state index in [1.165, 1.54) is 0 Å². The van der Waals surface area contributed by atoms with Crippen molar-refractivity contribution in [2.75, 3.05) is 46.9 Å². The topological polar surface area (TPSA) is 66.1 Å². The number of nitrogens with zero attached hydrogens (tertiary/aromatic N) is 4. The molecule has 1 atom stereocenters. The number of rotatable bonds is 6. The highest BCUT2D eigenvalue weighted by Gasteiger charge is 2.25. The number of halogens is 1. The Morgan fingerprint density at radius 2 is 2.11 bits per heavy atom. The van der Waals surface area contributed by atoms with Crippen LogP contribution < -0.4 is 5.32 Å². The molecule has 1 aliphatic heterocycles. The van der Waals surface area contributed by atoms with Crippen LogP contribution in [0.25, 0.3) is 0 Å². The predicted molar refractivity (Wildman–Crippen MR) is 124 cm³/mol. The van der Waals surface area contributed by atoms with Crippen molar-refractivity contribution in [2.45, 2.75) is 26.4 Å². The van der Waals surface area contributed by atoms with Crippen LogP contribution in [0.15, 0.2) is 26.9 Å². The third-order valence-corrected chi connectivity index (χ3v) is 5.49. The Morgan fingerprint density at radius 3 is 2.68 bits per heavy atom. The van der Waals surface area contributed by atoms with Gasteiger partial charge in [-0.25, -0.2) is 4.98 Å². The van der Waals surface area contributed by atoms with Gasteiger partial charge in [0.1, 0.15) is 11.5 Å². The summed E-state index contributed by atoms with van der Waals surface area (Å²) in [4.78, 5) is 13.5. The third kappa shape index (κ3) is 6.16. The van der Waals surface area contributed by atoms with Gasteiger partial charge in [-0.2, -0.15) is 0 Å². The van der Waals surface area contributed by atoms with Crippen molar-refractivity contribution in [1.29, 1.82) is 0 Å². The van der Waals surface area contributed by atoms with E-state index in [-0.39, 0.29) is 30.0 Å². The van der Waals surface area contributed by atoms with Crippen molar-refractivity contribution in [2.24, 2.45) is 4.99 Å². The van der Waals surface area contributed by atoms with E-state index in [2.05, 4.69) is 36.5 Å². The first-order chi connectivity index (χ1) is 13.1. The minimum Gasteiger partial charge on any atom is -0.465 e. The largest absolute Gasteiger partial charge is 0.465 e. The molecule has 7 nitrogen and oxygen atoms in total. The molecular weight excluding hydrogens is 489 g/mol. The molecule has 1 saturated heterocycles. The van der Waals surface area contributed by atoms with E-state index >= 15 is 0 Å². The minimum absolute atomic E-state index is 0. The Morgan fingerprint density at radius 1 is 1.36 bits per heavy atom. The first kappa shape index (κ1) is 23.1. The average Bonchev–Trinajstić information content (AvgIpc) is 3.27. The molecule has 1 unspecified atom stereocenters. The van der Waals surface area contributed by atoms with Crippen LogP contribution in [-0.2, 0) is 11.3 Å². The van der Waals surface area contributed by atoms with Crippen molar-refractivity contribution >= 4 is 41.3 Å². The lowest BCUT2D eigenvalue weighted by Gasteiger charge is -2.34. The highest BCUT2D eigenvalue weighted by Crippen LogP contribution is 2.23. The van der Waals surface area contributed by atoms with Gasteiger partial charge in [-0.05, 0) is 26.0 Å². The van der Waals surface area contributed by atoms with Gasteiger partial charge in [-0.3, -0.25) is 9.89 Å². The quantitative estimate of drug-likeness (QED) is 0.360. The highest BCUT2D eigenvalue weighted by atomic mass is 127. The van der Waals surface area contributed by atoms with Gasteiger partial charge >= 0.3 is 0 Å². The summed E-state index contributed by atoms with van der Waals surface area (Å²) >= 11 is 1.67. The zero-order valence-electron chi connectivity index (χ0n) is 17.0. The second kappa shape index (κ2) is 11.1. The van der Waals surface area contributed by atoms with E-state index in [0.29, 0.717) is 0 Å². The smallest absolute Gasteiger partial charge is 0.193 e. The van der Waals surface area contributed by atoms with Gasteiger partial charge in [-0.15, -0.1) is 35.3 Å². The van der Waals surface area contributed by atoms with Crippen LogP contribution >= 0.6 is 35.3 Å². The number of guanidine groups is 1. The molecule has 2 aromatic rings.